The Bertz CT molecular complexity index is 917. The van der Waals surface area contributed by atoms with Gasteiger partial charge < -0.3 is 0 Å². The van der Waals surface area contributed by atoms with Crippen molar-refractivity contribution in [1.29, 1.82) is 0 Å². The van der Waals surface area contributed by atoms with Gasteiger partial charge in [0.25, 0.3) is 5.56 Å². The predicted molar refractivity (Wildman–Crippen MR) is 87.2 cm³/mol. The van der Waals surface area contributed by atoms with E-state index in [1.165, 1.54) is 15.9 Å². The number of aromatic nitrogens is 3. The van der Waals surface area contributed by atoms with Crippen molar-refractivity contribution in [2.24, 2.45) is 0 Å². The molecule has 20 heavy (non-hydrogen) atoms. The average Bonchev–Trinajstić information content (AvgIpc) is 2.75. The molecule has 102 valence electrons. The zero-order valence-electron chi connectivity index (χ0n) is 10.4. The van der Waals surface area contributed by atoms with E-state index in [4.69, 9.17) is 0 Å². The first-order chi connectivity index (χ1) is 9.42. The largest absolute Gasteiger partial charge is 0.283 e. The maximum Gasteiger partial charge on any atom is 0.283 e. The van der Waals surface area contributed by atoms with Crippen molar-refractivity contribution in [1.82, 2.24) is 14.6 Å². The zero-order chi connectivity index (χ0) is 14.1. The molecule has 0 radical (unpaired) electrons. The summed E-state index contributed by atoms with van der Waals surface area (Å²) in [4.78, 5) is 17.6. The maximum absolute atomic E-state index is 12.5. The van der Waals surface area contributed by atoms with Crippen LogP contribution in [0.4, 0.5) is 0 Å². The highest BCUT2D eigenvalue weighted by Gasteiger charge is 2.64. The van der Waals surface area contributed by atoms with Gasteiger partial charge in [0.15, 0.2) is 0 Å². The van der Waals surface area contributed by atoms with Gasteiger partial charge in [-0.1, -0.05) is 62.3 Å². The lowest BCUT2D eigenvalue weighted by molar-refractivity contribution is 0.734. The first-order valence-electron chi connectivity index (χ1n) is 6.09. The normalized spacial score (nSPS) is 24.4. The lowest BCUT2D eigenvalue weighted by Crippen LogP contribution is -2.16. The lowest BCUT2D eigenvalue weighted by Gasteiger charge is -2.06. The Morgan fingerprint density at radius 1 is 1.35 bits per heavy atom. The van der Waals surface area contributed by atoms with E-state index in [0.29, 0.717) is 10.3 Å². The Morgan fingerprint density at radius 3 is 2.75 bits per heavy atom. The van der Waals surface area contributed by atoms with Crippen LogP contribution < -0.4 is 5.56 Å². The first kappa shape index (κ1) is 12.9. The van der Waals surface area contributed by atoms with E-state index >= 15 is 0 Å². The molecular formula is C13H9Br2N3OS. The summed E-state index contributed by atoms with van der Waals surface area (Å²) in [5.74, 6) is 0. The minimum absolute atomic E-state index is 0.0933. The van der Waals surface area contributed by atoms with Gasteiger partial charge in [-0.25, -0.2) is 4.98 Å². The Morgan fingerprint density at radius 2 is 2.05 bits per heavy atom. The van der Waals surface area contributed by atoms with Crippen molar-refractivity contribution in [2.75, 3.05) is 0 Å². The molecule has 4 rings (SSSR count). The van der Waals surface area contributed by atoms with E-state index in [-0.39, 0.29) is 14.2 Å². The molecule has 0 aliphatic heterocycles. The number of alkyl halides is 2. The van der Waals surface area contributed by atoms with E-state index in [2.05, 4.69) is 48.9 Å². The number of hydrogen-bond acceptors (Lipinski definition) is 4. The van der Waals surface area contributed by atoms with Crippen molar-refractivity contribution >= 4 is 59.1 Å². The van der Waals surface area contributed by atoms with Gasteiger partial charge in [-0.2, -0.15) is 9.61 Å². The Hall–Kier alpha value is -0.790. The van der Waals surface area contributed by atoms with Crippen LogP contribution in [-0.4, -0.2) is 17.8 Å². The molecule has 0 saturated heterocycles. The first-order valence-corrected chi connectivity index (χ1v) is 8.50. The molecule has 1 atom stereocenters. The molecular weight excluding hydrogens is 406 g/mol. The molecule has 2 aromatic heterocycles. The Labute approximate surface area is 135 Å². The standard InChI is InChI=1S/C13H9Br2N3OS/c1-12(6-13(12,14)15)10-17-18-9(19)7-4-2-3-5-8(7)16-11(18)20-10/h2-5H,6H2,1H3/t12-/m1/s1. The minimum Gasteiger partial charge on any atom is -0.267 e. The van der Waals surface area contributed by atoms with Crippen LogP contribution in [0.3, 0.4) is 0 Å². The molecule has 1 saturated carbocycles. The highest BCUT2D eigenvalue weighted by Crippen LogP contribution is 2.67. The van der Waals surface area contributed by atoms with Gasteiger partial charge in [-0.3, -0.25) is 4.79 Å². The third-order valence-electron chi connectivity index (χ3n) is 3.83. The third kappa shape index (κ3) is 1.60. The topological polar surface area (TPSA) is 47.3 Å². The molecule has 3 aromatic rings. The van der Waals surface area contributed by atoms with Gasteiger partial charge in [-0.15, -0.1) is 0 Å². The van der Waals surface area contributed by atoms with Crippen LogP contribution >= 0.6 is 43.2 Å². The fourth-order valence-electron chi connectivity index (χ4n) is 2.31. The lowest BCUT2D eigenvalue weighted by atomic mass is 10.2. The fraction of sp³-hybridized carbons (Fsp3) is 0.308. The third-order valence-corrected chi connectivity index (χ3v) is 7.32. The second kappa shape index (κ2) is 3.90. The molecule has 0 bridgehead atoms. The second-order valence-corrected chi connectivity index (χ2v) is 9.98. The molecule has 0 N–H and O–H groups in total. The van der Waals surface area contributed by atoms with E-state index in [0.717, 1.165) is 16.9 Å². The smallest absolute Gasteiger partial charge is 0.267 e. The monoisotopic (exact) mass is 413 g/mol. The van der Waals surface area contributed by atoms with Crippen LogP contribution in [0.15, 0.2) is 29.1 Å². The molecule has 2 heterocycles. The molecule has 1 aliphatic carbocycles. The molecule has 1 fully saturated rings. The van der Waals surface area contributed by atoms with Crippen LogP contribution in [0.25, 0.3) is 15.9 Å². The average molecular weight is 415 g/mol. The van der Waals surface area contributed by atoms with Crippen molar-refractivity contribution in [2.45, 2.75) is 22.0 Å². The van der Waals surface area contributed by atoms with Crippen molar-refractivity contribution in [3.63, 3.8) is 0 Å². The number of fused-ring (bicyclic) bond motifs is 2. The molecule has 7 heteroatoms. The summed E-state index contributed by atoms with van der Waals surface area (Å²) in [6.07, 6.45) is 0.939. The number of rotatable bonds is 1. The summed E-state index contributed by atoms with van der Waals surface area (Å²) in [6, 6.07) is 7.37. The number of benzene rings is 1. The van der Waals surface area contributed by atoms with Gasteiger partial charge >= 0.3 is 0 Å². The number of nitrogens with zero attached hydrogens (tertiary/aromatic N) is 3. The molecule has 1 aliphatic rings. The summed E-state index contributed by atoms with van der Waals surface area (Å²) in [5.41, 5.74) is 0.522. The van der Waals surface area contributed by atoms with Crippen LogP contribution in [0, 0.1) is 0 Å². The molecule has 1 aromatic carbocycles. The highest BCUT2D eigenvalue weighted by molar-refractivity contribution is 9.25. The van der Waals surface area contributed by atoms with Gasteiger partial charge in [0.05, 0.1) is 14.1 Å². The van der Waals surface area contributed by atoms with Crippen molar-refractivity contribution in [3.05, 3.63) is 39.6 Å². The van der Waals surface area contributed by atoms with Gasteiger partial charge in [-0.05, 0) is 18.6 Å². The summed E-state index contributed by atoms with van der Waals surface area (Å²) < 4.78 is 1.30. The summed E-state index contributed by atoms with van der Waals surface area (Å²) >= 11 is 8.76. The van der Waals surface area contributed by atoms with E-state index in [9.17, 15) is 4.79 Å². The summed E-state index contributed by atoms with van der Waals surface area (Å²) in [6.45, 7) is 2.12. The second-order valence-electron chi connectivity index (χ2n) is 5.25. The molecule has 0 unspecified atom stereocenters. The number of para-hydroxylation sites is 1. The van der Waals surface area contributed by atoms with E-state index in [1.807, 2.05) is 18.2 Å². The van der Waals surface area contributed by atoms with Crippen LogP contribution in [-0.2, 0) is 5.41 Å². The van der Waals surface area contributed by atoms with E-state index < -0.39 is 0 Å². The molecule has 4 nitrogen and oxygen atoms in total. The van der Waals surface area contributed by atoms with Gasteiger partial charge in [0.1, 0.15) is 5.01 Å². The number of halogens is 2. The Balaban J connectivity index is 2.03. The van der Waals surface area contributed by atoms with Gasteiger partial charge in [0, 0.05) is 5.41 Å². The zero-order valence-corrected chi connectivity index (χ0v) is 14.4. The van der Waals surface area contributed by atoms with Crippen molar-refractivity contribution in [3.8, 4) is 0 Å². The van der Waals surface area contributed by atoms with Crippen LogP contribution in [0.2, 0.25) is 0 Å². The minimum atomic E-state index is -0.121. The summed E-state index contributed by atoms with van der Waals surface area (Å²) in [5, 5.41) is 6.02. The van der Waals surface area contributed by atoms with Crippen molar-refractivity contribution < 1.29 is 0 Å². The Kier molecular flexibility index (Phi) is 2.52. The summed E-state index contributed by atoms with van der Waals surface area (Å²) in [7, 11) is 0. The SMILES string of the molecule is C[C@]1(c2nn3c(=O)c4ccccc4nc3s2)CC1(Br)Br. The van der Waals surface area contributed by atoms with Gasteiger partial charge in [0.2, 0.25) is 4.96 Å². The number of hydrogen-bond donors (Lipinski definition) is 0. The quantitative estimate of drug-likeness (QED) is 0.573. The van der Waals surface area contributed by atoms with Crippen LogP contribution in [0.1, 0.15) is 18.4 Å². The molecule has 0 spiro atoms. The molecule has 0 amide bonds. The maximum atomic E-state index is 12.5. The van der Waals surface area contributed by atoms with E-state index in [1.54, 1.807) is 6.07 Å². The predicted octanol–water partition coefficient (Wildman–Crippen LogP) is 3.45. The van der Waals surface area contributed by atoms with Crippen LogP contribution in [0.5, 0.6) is 0 Å². The highest BCUT2D eigenvalue weighted by atomic mass is 79.9. The fourth-order valence-corrected chi connectivity index (χ4v) is 5.19.